The maximum atomic E-state index is 15.3. The van der Waals surface area contributed by atoms with E-state index in [9.17, 15) is 57.5 Å². The van der Waals surface area contributed by atoms with E-state index in [1.54, 1.807) is 66.7 Å². The molecule has 2 amide bonds. The van der Waals surface area contributed by atoms with Gasteiger partial charge in [-0.25, -0.2) is 4.90 Å². The summed E-state index contributed by atoms with van der Waals surface area (Å²) in [5.41, 5.74) is -7.22. The second-order valence-electron chi connectivity index (χ2n) is 16.4. The van der Waals surface area contributed by atoms with E-state index >= 15 is 4.79 Å². The van der Waals surface area contributed by atoms with Crippen LogP contribution >= 0.6 is 0 Å². The van der Waals surface area contributed by atoms with Crippen molar-refractivity contribution < 1.29 is 62.3 Å². The number of halogens is 12. The first-order valence-corrected chi connectivity index (χ1v) is 21.0. The Balaban J connectivity index is 1.31. The number of rotatable bonds is 6. The summed E-state index contributed by atoms with van der Waals surface area (Å²) in [6.07, 6.45) is -21.2. The third-order valence-corrected chi connectivity index (χ3v) is 12.2. The Kier molecular flexibility index (Phi) is 10.6. The maximum Gasteiger partial charge on any atom is 0.416 e. The van der Waals surface area contributed by atoms with Crippen LogP contribution in [-0.2, 0) is 24.7 Å². The number of fused-ring (bicyclic) bond motifs is 4. The first-order chi connectivity index (χ1) is 33.1. The van der Waals surface area contributed by atoms with Gasteiger partial charge in [-0.15, -0.1) is 0 Å². The van der Waals surface area contributed by atoms with E-state index in [2.05, 4.69) is 0 Å². The smallest absolute Gasteiger partial charge is 0.307 e. The van der Waals surface area contributed by atoms with Gasteiger partial charge in [-0.1, -0.05) is 115 Å². The zero-order valence-corrected chi connectivity index (χ0v) is 35.4. The number of hydrogen-bond acceptors (Lipinski definition) is 2. The van der Waals surface area contributed by atoms with Gasteiger partial charge in [0.1, 0.15) is 0 Å². The maximum absolute atomic E-state index is 15.3. The summed E-state index contributed by atoms with van der Waals surface area (Å²) < 4.78 is 174. The van der Waals surface area contributed by atoms with E-state index in [1.165, 1.54) is 59.2 Å². The lowest BCUT2D eigenvalue weighted by Gasteiger charge is -2.21. The Morgan fingerprint density at radius 1 is 0.314 bits per heavy atom. The number of carbonyl (C=O) groups is 2. The summed E-state index contributed by atoms with van der Waals surface area (Å²) >= 11 is 0. The minimum Gasteiger partial charge on any atom is -0.307 e. The number of benzene rings is 8. The highest BCUT2D eigenvalue weighted by Gasteiger charge is 2.42. The van der Waals surface area contributed by atoms with Gasteiger partial charge in [-0.2, -0.15) is 52.7 Å². The first kappa shape index (κ1) is 45.6. The zero-order chi connectivity index (χ0) is 49.7. The summed E-state index contributed by atoms with van der Waals surface area (Å²) in [5, 5.41) is 0.132. The van der Waals surface area contributed by atoms with Crippen molar-refractivity contribution in [1.82, 2.24) is 4.57 Å². The summed E-state index contributed by atoms with van der Waals surface area (Å²) in [4.78, 5) is 31.1. The molecule has 9 aromatic rings. The van der Waals surface area contributed by atoms with Crippen molar-refractivity contribution in [3.05, 3.63) is 203 Å². The van der Waals surface area contributed by atoms with Gasteiger partial charge in [0, 0.05) is 27.5 Å². The number of amides is 2. The quantitative estimate of drug-likeness (QED) is 0.123. The molecule has 1 aliphatic rings. The van der Waals surface area contributed by atoms with Crippen LogP contribution < -0.4 is 4.90 Å². The second-order valence-corrected chi connectivity index (χ2v) is 16.4. The van der Waals surface area contributed by atoms with Crippen molar-refractivity contribution >= 4 is 39.3 Å². The van der Waals surface area contributed by atoms with Crippen LogP contribution in [-0.4, -0.2) is 16.4 Å². The van der Waals surface area contributed by atoms with Crippen molar-refractivity contribution in [3.63, 3.8) is 0 Å². The van der Waals surface area contributed by atoms with Crippen molar-refractivity contribution in [2.45, 2.75) is 24.7 Å². The number of anilines is 1. The van der Waals surface area contributed by atoms with Crippen LogP contribution in [0.5, 0.6) is 0 Å². The van der Waals surface area contributed by atoms with Gasteiger partial charge in [0.25, 0.3) is 11.8 Å². The third-order valence-electron chi connectivity index (χ3n) is 12.2. The van der Waals surface area contributed by atoms with Gasteiger partial charge < -0.3 is 4.57 Å². The molecule has 0 fully saturated rings. The Hall–Kier alpha value is -8.14. The molecule has 10 rings (SSSR count). The van der Waals surface area contributed by atoms with E-state index in [0.717, 1.165) is 10.5 Å². The summed E-state index contributed by atoms with van der Waals surface area (Å²) in [5.74, 6) is -1.79. The van der Waals surface area contributed by atoms with Crippen LogP contribution in [0.15, 0.2) is 170 Å². The number of nitrogens with zero attached hydrogens (tertiary/aromatic N) is 2. The molecular formula is C54H28F12N2O2. The number of hydrogen-bond donors (Lipinski definition) is 0. The number of para-hydroxylation sites is 2. The molecule has 0 N–H and O–H groups in total. The van der Waals surface area contributed by atoms with E-state index in [-0.39, 0.29) is 67.6 Å². The average Bonchev–Trinajstić information content (AvgIpc) is 3.80. The molecule has 0 bridgehead atoms. The molecule has 4 nitrogen and oxygen atoms in total. The van der Waals surface area contributed by atoms with Gasteiger partial charge >= 0.3 is 24.7 Å². The summed E-state index contributed by atoms with van der Waals surface area (Å²) in [6.45, 7) is 0. The molecule has 8 aromatic carbocycles. The number of carbonyl (C=O) groups excluding carboxylic acids is 2. The van der Waals surface area contributed by atoms with Crippen LogP contribution in [0.1, 0.15) is 43.0 Å². The Morgan fingerprint density at radius 2 is 0.743 bits per heavy atom. The van der Waals surface area contributed by atoms with Crippen molar-refractivity contribution in [3.8, 4) is 50.2 Å². The lowest BCUT2D eigenvalue weighted by atomic mass is 9.96. The van der Waals surface area contributed by atoms with Gasteiger partial charge in [-0.3, -0.25) is 9.59 Å². The van der Waals surface area contributed by atoms with E-state index in [0.29, 0.717) is 41.0 Å². The van der Waals surface area contributed by atoms with Crippen molar-refractivity contribution in [1.29, 1.82) is 0 Å². The highest BCUT2D eigenvalue weighted by Crippen LogP contribution is 2.48. The second kappa shape index (κ2) is 16.2. The topological polar surface area (TPSA) is 42.3 Å². The van der Waals surface area contributed by atoms with Crippen LogP contribution in [0, 0.1) is 0 Å². The van der Waals surface area contributed by atoms with Crippen molar-refractivity contribution in [2.24, 2.45) is 0 Å². The normalized spacial score (nSPS) is 13.5. The SMILES string of the molecule is O=C1c2cccc(-n3c4c(-c5cc(C(F)(F)F)cc(C(F)(F)F)c5)cccc4c4cccc(-c5cc(C(F)(F)F)cc(C(F)(F)F)c5)c43)c2C(=O)N1c1cc(-c2ccccc2)ccc1-c1ccccc1. The van der Waals surface area contributed by atoms with Crippen LogP contribution in [0.3, 0.4) is 0 Å². The fourth-order valence-electron chi connectivity index (χ4n) is 9.10. The van der Waals surface area contributed by atoms with Crippen LogP contribution in [0.4, 0.5) is 58.4 Å². The average molecular weight is 965 g/mol. The molecule has 0 spiro atoms. The molecule has 16 heteroatoms. The molecule has 0 saturated heterocycles. The molecule has 0 radical (unpaired) electrons. The Labute approximate surface area is 388 Å². The number of alkyl halides is 12. The molecule has 1 aliphatic heterocycles. The molecular weight excluding hydrogens is 937 g/mol. The number of aromatic nitrogens is 1. The summed E-state index contributed by atoms with van der Waals surface area (Å²) in [7, 11) is 0. The van der Waals surface area contributed by atoms with Gasteiger partial charge in [0.2, 0.25) is 0 Å². The molecule has 350 valence electrons. The fourth-order valence-corrected chi connectivity index (χ4v) is 9.10. The highest BCUT2D eigenvalue weighted by molar-refractivity contribution is 6.37. The largest absolute Gasteiger partial charge is 0.416 e. The standard InChI is InChI=1S/C54H28F12N2O2/c55-51(56,57)34-22-32(23-35(27-34)52(58,59)60)39-14-7-16-41-42-17-8-15-40(33-24-36(53(61,62)63)28-37(25-33)54(64,65)66)48(42)67(47(39)41)44-19-9-18-43-46(44)50(70)68(49(43)69)45-26-31(29-10-3-1-4-11-29)20-21-38(45)30-12-5-2-6-13-30/h1-28H. The molecule has 2 heterocycles. The molecule has 0 atom stereocenters. The fraction of sp³-hybridized carbons (Fsp3) is 0.0741. The van der Waals surface area contributed by atoms with E-state index in [4.69, 9.17) is 0 Å². The Bertz CT molecular complexity index is 3390. The van der Waals surface area contributed by atoms with E-state index < -0.39 is 69.9 Å². The minimum absolute atomic E-state index is 0.0662. The predicted molar refractivity (Wildman–Crippen MR) is 240 cm³/mol. The summed E-state index contributed by atoms with van der Waals surface area (Å²) in [6, 6.07) is 36.5. The molecule has 70 heavy (non-hydrogen) atoms. The Morgan fingerprint density at radius 3 is 1.20 bits per heavy atom. The molecule has 1 aromatic heterocycles. The van der Waals surface area contributed by atoms with Crippen molar-refractivity contribution in [2.75, 3.05) is 4.90 Å². The molecule has 0 aliphatic carbocycles. The lowest BCUT2D eigenvalue weighted by Crippen LogP contribution is -2.30. The van der Waals surface area contributed by atoms with E-state index in [1.807, 2.05) is 12.1 Å². The van der Waals surface area contributed by atoms with Gasteiger partial charge in [0.05, 0.1) is 55.8 Å². The van der Waals surface area contributed by atoms with Gasteiger partial charge in [-0.05, 0) is 82.4 Å². The van der Waals surface area contributed by atoms with Crippen LogP contribution in [0.25, 0.3) is 72.0 Å². The zero-order valence-electron chi connectivity index (χ0n) is 35.4. The predicted octanol–water partition coefficient (Wildman–Crippen LogP) is 16.3. The lowest BCUT2D eigenvalue weighted by molar-refractivity contribution is -0.144. The minimum atomic E-state index is -5.30. The molecule has 0 saturated carbocycles. The first-order valence-electron chi connectivity index (χ1n) is 21.0. The highest BCUT2D eigenvalue weighted by atomic mass is 19.4. The third kappa shape index (κ3) is 7.82. The monoisotopic (exact) mass is 964 g/mol. The van der Waals surface area contributed by atoms with Gasteiger partial charge in [0.15, 0.2) is 0 Å². The molecule has 0 unspecified atom stereocenters. The number of imide groups is 1. The van der Waals surface area contributed by atoms with Crippen LogP contribution in [0.2, 0.25) is 0 Å².